The highest BCUT2D eigenvalue weighted by molar-refractivity contribution is 5.80. The number of carbonyl (C=O) groups excluding carboxylic acids is 1. The third-order valence-corrected chi connectivity index (χ3v) is 16.0. The van der Waals surface area contributed by atoms with E-state index in [0.29, 0.717) is 12.8 Å². The van der Waals surface area contributed by atoms with Crippen LogP contribution in [0.4, 0.5) is 0 Å². The van der Waals surface area contributed by atoms with Crippen molar-refractivity contribution in [3.05, 3.63) is 12.2 Å². The van der Waals surface area contributed by atoms with Gasteiger partial charge in [-0.1, -0.05) is 347 Å². The molecule has 5 N–H and O–H groups in total. The van der Waals surface area contributed by atoms with Gasteiger partial charge in [0.2, 0.25) is 5.91 Å². The molecule has 0 aromatic carbocycles. The minimum atomic E-state index is -1.26. The van der Waals surface area contributed by atoms with Crippen LogP contribution in [-0.2, 0) is 4.79 Å². The van der Waals surface area contributed by atoms with Crippen LogP contribution in [0.1, 0.15) is 373 Å². The number of allylic oxidation sites excluding steroid dienone is 2. The molecular formula is C66H131NO5. The van der Waals surface area contributed by atoms with Gasteiger partial charge in [0.05, 0.1) is 18.8 Å². The predicted molar refractivity (Wildman–Crippen MR) is 316 cm³/mol. The van der Waals surface area contributed by atoms with E-state index in [2.05, 4.69) is 31.3 Å². The SMILES string of the molecule is CCCCCCCCCCCCCCCCCCCC/C=C\CCCCCCCCCCCCCCCCCCC(O)C(=O)NC(CO)C(O)C(O)CCCCCCCCCCCCCCCCCCCC. The lowest BCUT2D eigenvalue weighted by molar-refractivity contribution is -0.132. The minimum Gasteiger partial charge on any atom is -0.394 e. The molecule has 72 heavy (non-hydrogen) atoms. The number of aliphatic hydroxyl groups excluding tert-OH is 4. The monoisotopic (exact) mass is 1020 g/mol. The lowest BCUT2D eigenvalue weighted by atomic mass is 9.99. The molecule has 0 saturated heterocycles. The van der Waals surface area contributed by atoms with E-state index in [1.165, 1.54) is 308 Å². The lowest BCUT2D eigenvalue weighted by Gasteiger charge is -2.27. The molecular weight excluding hydrogens is 887 g/mol. The van der Waals surface area contributed by atoms with Gasteiger partial charge >= 0.3 is 0 Å². The third kappa shape index (κ3) is 53.9. The Hall–Kier alpha value is -0.950. The number of nitrogens with one attached hydrogen (secondary N) is 1. The Bertz CT molecular complexity index is 1050. The number of amides is 1. The molecule has 0 spiro atoms. The molecule has 6 nitrogen and oxygen atoms in total. The van der Waals surface area contributed by atoms with Gasteiger partial charge in [0.25, 0.3) is 0 Å². The van der Waals surface area contributed by atoms with E-state index in [4.69, 9.17) is 0 Å². The van der Waals surface area contributed by atoms with Gasteiger partial charge in [-0.05, 0) is 38.5 Å². The second-order valence-electron chi connectivity index (χ2n) is 23.2. The first-order valence-corrected chi connectivity index (χ1v) is 33.1. The quantitative estimate of drug-likeness (QED) is 0.0308. The van der Waals surface area contributed by atoms with E-state index in [1.807, 2.05) is 0 Å². The highest BCUT2D eigenvalue weighted by atomic mass is 16.3. The highest BCUT2D eigenvalue weighted by Crippen LogP contribution is 2.19. The molecule has 0 saturated carbocycles. The molecule has 0 aliphatic carbocycles. The Morgan fingerprint density at radius 1 is 0.333 bits per heavy atom. The van der Waals surface area contributed by atoms with E-state index < -0.39 is 36.9 Å². The number of unbranched alkanes of at least 4 members (excludes halogenated alkanes) is 51. The van der Waals surface area contributed by atoms with Gasteiger partial charge in [-0.15, -0.1) is 0 Å². The summed E-state index contributed by atoms with van der Waals surface area (Å²) < 4.78 is 0. The van der Waals surface area contributed by atoms with Gasteiger partial charge < -0.3 is 25.7 Å². The fraction of sp³-hybridized carbons (Fsp3) is 0.955. The van der Waals surface area contributed by atoms with Crippen molar-refractivity contribution in [3.8, 4) is 0 Å². The van der Waals surface area contributed by atoms with Gasteiger partial charge in [-0.25, -0.2) is 0 Å². The fourth-order valence-electron chi connectivity index (χ4n) is 10.8. The van der Waals surface area contributed by atoms with Gasteiger partial charge in [-0.3, -0.25) is 4.79 Å². The summed E-state index contributed by atoms with van der Waals surface area (Å²) in [6, 6.07) is -0.983. The Labute approximate surface area is 451 Å². The predicted octanol–water partition coefficient (Wildman–Crippen LogP) is 20.0. The highest BCUT2D eigenvalue weighted by Gasteiger charge is 2.28. The first-order valence-electron chi connectivity index (χ1n) is 33.1. The van der Waals surface area contributed by atoms with E-state index in [9.17, 15) is 25.2 Å². The first kappa shape index (κ1) is 71.0. The number of hydrogen-bond acceptors (Lipinski definition) is 5. The van der Waals surface area contributed by atoms with Crippen molar-refractivity contribution in [1.82, 2.24) is 5.32 Å². The summed E-state index contributed by atoms with van der Waals surface area (Å²) in [6.07, 6.45) is 74.7. The van der Waals surface area contributed by atoms with Crippen molar-refractivity contribution >= 4 is 5.91 Å². The largest absolute Gasteiger partial charge is 0.394 e. The Morgan fingerprint density at radius 2 is 0.556 bits per heavy atom. The van der Waals surface area contributed by atoms with Gasteiger partial charge in [-0.2, -0.15) is 0 Å². The third-order valence-electron chi connectivity index (χ3n) is 16.0. The maximum atomic E-state index is 12.6. The zero-order chi connectivity index (χ0) is 52.3. The Balaban J connectivity index is 3.50. The van der Waals surface area contributed by atoms with Crippen LogP contribution >= 0.6 is 0 Å². The van der Waals surface area contributed by atoms with Crippen LogP contribution in [-0.4, -0.2) is 57.3 Å². The van der Waals surface area contributed by atoms with E-state index >= 15 is 0 Å². The zero-order valence-corrected chi connectivity index (χ0v) is 49.0. The summed E-state index contributed by atoms with van der Waals surface area (Å²) in [5.41, 5.74) is 0. The van der Waals surface area contributed by atoms with Crippen molar-refractivity contribution in [2.24, 2.45) is 0 Å². The summed E-state index contributed by atoms with van der Waals surface area (Å²) in [5, 5.41) is 44.1. The summed E-state index contributed by atoms with van der Waals surface area (Å²) in [7, 11) is 0. The van der Waals surface area contributed by atoms with Crippen LogP contribution in [0.15, 0.2) is 12.2 Å². The van der Waals surface area contributed by atoms with Gasteiger partial charge in [0.1, 0.15) is 12.2 Å². The van der Waals surface area contributed by atoms with Crippen LogP contribution in [0.2, 0.25) is 0 Å². The van der Waals surface area contributed by atoms with Crippen molar-refractivity contribution < 1.29 is 25.2 Å². The molecule has 0 bridgehead atoms. The number of aliphatic hydroxyl groups is 4. The molecule has 0 heterocycles. The standard InChI is InChI=1S/C66H131NO5/c1-3-5-7-9-11-13-15-17-19-21-23-24-25-26-27-28-29-30-31-32-33-34-35-36-37-38-39-40-41-42-44-46-48-50-52-54-56-58-60-64(70)66(72)67-62(61-68)65(71)63(69)59-57-55-53-51-49-47-45-43-22-20-18-16-14-12-10-8-6-4-2/h32-33,62-65,68-71H,3-31,34-61H2,1-2H3,(H,67,72)/b33-32-. The molecule has 1 amide bonds. The molecule has 4 unspecified atom stereocenters. The molecule has 0 aromatic heterocycles. The Morgan fingerprint density at radius 3 is 0.806 bits per heavy atom. The Kier molecular flexibility index (Phi) is 60.1. The molecule has 0 fully saturated rings. The minimum absolute atomic E-state index is 0.374. The zero-order valence-electron chi connectivity index (χ0n) is 49.0. The summed E-state index contributed by atoms with van der Waals surface area (Å²) >= 11 is 0. The van der Waals surface area contributed by atoms with Crippen LogP contribution in [0.25, 0.3) is 0 Å². The molecule has 0 rings (SSSR count). The molecule has 4 atom stereocenters. The first-order chi connectivity index (χ1) is 35.5. The van der Waals surface area contributed by atoms with Crippen LogP contribution < -0.4 is 5.32 Å². The fourth-order valence-corrected chi connectivity index (χ4v) is 10.8. The topological polar surface area (TPSA) is 110 Å². The van der Waals surface area contributed by atoms with Crippen molar-refractivity contribution in [3.63, 3.8) is 0 Å². The van der Waals surface area contributed by atoms with Gasteiger partial charge in [0.15, 0.2) is 0 Å². The smallest absolute Gasteiger partial charge is 0.249 e. The van der Waals surface area contributed by atoms with Crippen LogP contribution in [0.3, 0.4) is 0 Å². The normalized spacial score (nSPS) is 13.6. The van der Waals surface area contributed by atoms with Crippen LogP contribution in [0, 0.1) is 0 Å². The summed E-state index contributed by atoms with van der Waals surface area (Å²) in [4.78, 5) is 12.6. The average molecular weight is 1020 g/mol. The molecule has 0 aliphatic rings. The van der Waals surface area contributed by atoms with E-state index in [1.54, 1.807) is 0 Å². The molecule has 0 aromatic rings. The van der Waals surface area contributed by atoms with Gasteiger partial charge in [0, 0.05) is 0 Å². The van der Waals surface area contributed by atoms with Crippen molar-refractivity contribution in [1.29, 1.82) is 0 Å². The summed E-state index contributed by atoms with van der Waals surface area (Å²) in [6.45, 7) is 4.10. The van der Waals surface area contributed by atoms with E-state index in [-0.39, 0.29) is 0 Å². The number of hydrogen-bond donors (Lipinski definition) is 5. The number of carbonyl (C=O) groups is 1. The molecule has 0 radical (unpaired) electrons. The molecule has 430 valence electrons. The van der Waals surface area contributed by atoms with Crippen molar-refractivity contribution in [2.75, 3.05) is 6.61 Å². The molecule has 0 aliphatic heterocycles. The second-order valence-corrected chi connectivity index (χ2v) is 23.2. The van der Waals surface area contributed by atoms with Crippen LogP contribution in [0.5, 0.6) is 0 Å². The average Bonchev–Trinajstić information content (AvgIpc) is 3.39. The maximum absolute atomic E-state index is 12.6. The van der Waals surface area contributed by atoms with Crippen molar-refractivity contribution in [2.45, 2.75) is 398 Å². The lowest BCUT2D eigenvalue weighted by Crippen LogP contribution is -2.53. The second kappa shape index (κ2) is 60.9. The maximum Gasteiger partial charge on any atom is 0.249 e. The number of rotatable bonds is 62. The summed E-state index contributed by atoms with van der Waals surface area (Å²) in [5.74, 6) is -0.576. The molecule has 6 heteroatoms. The van der Waals surface area contributed by atoms with E-state index in [0.717, 1.165) is 38.5 Å².